The molecule has 0 aliphatic rings. The lowest BCUT2D eigenvalue weighted by molar-refractivity contribution is 0.103. The van der Waals surface area contributed by atoms with Gasteiger partial charge in [0.05, 0.1) is 24.6 Å². The predicted molar refractivity (Wildman–Crippen MR) is 74.4 cm³/mol. The third-order valence-corrected chi connectivity index (χ3v) is 2.53. The summed E-state index contributed by atoms with van der Waals surface area (Å²) < 4.78 is 5.59. The summed E-state index contributed by atoms with van der Waals surface area (Å²) in [4.78, 5) is 6.67. The first-order valence-corrected chi connectivity index (χ1v) is 6.60. The maximum Gasteiger partial charge on any atom is 0.0888 e. The third kappa shape index (κ3) is 6.69. The Morgan fingerprint density at radius 3 is 2.78 bits per heavy atom. The molecule has 0 spiro atoms. The van der Waals surface area contributed by atoms with E-state index < -0.39 is 0 Å². The number of hydrogen-bond donors (Lipinski definition) is 1. The predicted octanol–water partition coefficient (Wildman–Crippen LogP) is 1.66. The highest BCUT2D eigenvalue weighted by molar-refractivity contribution is 5.10. The second-order valence-corrected chi connectivity index (χ2v) is 4.65. The first kappa shape index (κ1) is 15.1. The topological polar surface area (TPSA) is 37.4 Å². The number of nitrogens with one attached hydrogen (secondary N) is 1. The largest absolute Gasteiger partial charge is 0.374 e. The second kappa shape index (κ2) is 9.03. The van der Waals surface area contributed by atoms with Crippen molar-refractivity contribution in [3.63, 3.8) is 0 Å². The summed E-state index contributed by atoms with van der Waals surface area (Å²) in [6.07, 6.45) is 1.15. The van der Waals surface area contributed by atoms with Crippen LogP contribution in [0.4, 0.5) is 0 Å². The fourth-order valence-electron chi connectivity index (χ4n) is 1.53. The van der Waals surface area contributed by atoms with Crippen molar-refractivity contribution in [2.24, 2.45) is 0 Å². The Morgan fingerprint density at radius 1 is 1.28 bits per heavy atom. The molecule has 1 N–H and O–H groups in total. The number of likely N-dealkylation sites (N-methyl/N-ethyl adjacent to an activating group) is 1. The van der Waals surface area contributed by atoms with E-state index in [1.165, 1.54) is 0 Å². The molecule has 0 fully saturated rings. The fourth-order valence-corrected chi connectivity index (χ4v) is 1.53. The van der Waals surface area contributed by atoms with E-state index >= 15 is 0 Å². The number of rotatable bonds is 9. The van der Waals surface area contributed by atoms with Gasteiger partial charge in [0.1, 0.15) is 0 Å². The third-order valence-electron chi connectivity index (χ3n) is 2.53. The molecule has 0 aromatic carbocycles. The lowest BCUT2D eigenvalue weighted by atomic mass is 10.3. The maximum absolute atomic E-state index is 5.59. The first-order chi connectivity index (χ1) is 8.72. The second-order valence-electron chi connectivity index (χ2n) is 4.65. The zero-order valence-corrected chi connectivity index (χ0v) is 11.8. The molecule has 4 nitrogen and oxygen atoms in total. The molecule has 0 amide bonds. The zero-order valence-electron chi connectivity index (χ0n) is 11.8. The Balaban J connectivity index is 2.30. The molecule has 0 aliphatic carbocycles. The molecular weight excluding hydrogens is 226 g/mol. The molecule has 1 rings (SSSR count). The van der Waals surface area contributed by atoms with Crippen molar-refractivity contribution >= 4 is 0 Å². The van der Waals surface area contributed by atoms with Gasteiger partial charge in [-0.15, -0.1) is 0 Å². The minimum atomic E-state index is 0.593. The molecule has 1 aromatic heterocycles. The van der Waals surface area contributed by atoms with Crippen molar-refractivity contribution in [3.8, 4) is 0 Å². The van der Waals surface area contributed by atoms with Gasteiger partial charge in [-0.25, -0.2) is 0 Å². The molecule has 0 saturated heterocycles. The van der Waals surface area contributed by atoms with E-state index in [1.54, 1.807) is 0 Å². The van der Waals surface area contributed by atoms with Crippen LogP contribution in [0.15, 0.2) is 18.2 Å². The van der Waals surface area contributed by atoms with Gasteiger partial charge in [-0.3, -0.25) is 4.98 Å². The minimum Gasteiger partial charge on any atom is -0.374 e. The number of ether oxygens (including phenoxy) is 1. The van der Waals surface area contributed by atoms with Crippen molar-refractivity contribution in [2.45, 2.75) is 26.5 Å². The van der Waals surface area contributed by atoms with Crippen molar-refractivity contribution in [3.05, 3.63) is 29.6 Å². The van der Waals surface area contributed by atoms with Crippen molar-refractivity contribution in [1.29, 1.82) is 0 Å². The van der Waals surface area contributed by atoms with E-state index in [-0.39, 0.29) is 0 Å². The van der Waals surface area contributed by atoms with Crippen molar-refractivity contribution in [2.75, 3.05) is 33.8 Å². The van der Waals surface area contributed by atoms with Crippen molar-refractivity contribution in [1.82, 2.24) is 15.2 Å². The monoisotopic (exact) mass is 251 g/mol. The molecule has 1 heterocycles. The molecule has 0 atom stereocenters. The van der Waals surface area contributed by atoms with E-state index in [0.717, 1.165) is 44.0 Å². The number of aromatic nitrogens is 1. The lowest BCUT2D eigenvalue weighted by Gasteiger charge is -2.10. The quantitative estimate of drug-likeness (QED) is 0.677. The van der Waals surface area contributed by atoms with E-state index in [2.05, 4.69) is 22.1 Å². The lowest BCUT2D eigenvalue weighted by Crippen LogP contribution is -2.18. The normalized spacial score (nSPS) is 11.1. The van der Waals surface area contributed by atoms with Gasteiger partial charge < -0.3 is 15.0 Å². The van der Waals surface area contributed by atoms with Gasteiger partial charge in [0, 0.05) is 13.1 Å². The van der Waals surface area contributed by atoms with Gasteiger partial charge >= 0.3 is 0 Å². The van der Waals surface area contributed by atoms with Crippen LogP contribution in [0, 0.1) is 0 Å². The summed E-state index contributed by atoms with van der Waals surface area (Å²) in [5.41, 5.74) is 2.08. The van der Waals surface area contributed by atoms with Crippen LogP contribution in [0.5, 0.6) is 0 Å². The Labute approximate surface area is 110 Å². The molecular formula is C14H25N3O. The smallest absolute Gasteiger partial charge is 0.0888 e. The van der Waals surface area contributed by atoms with E-state index in [4.69, 9.17) is 4.74 Å². The van der Waals surface area contributed by atoms with Crippen LogP contribution in [0.3, 0.4) is 0 Å². The van der Waals surface area contributed by atoms with Gasteiger partial charge in [0.25, 0.3) is 0 Å². The van der Waals surface area contributed by atoms with Gasteiger partial charge in [0.15, 0.2) is 0 Å². The summed E-state index contributed by atoms with van der Waals surface area (Å²) in [5, 5.41) is 3.35. The molecule has 0 unspecified atom stereocenters. The molecule has 1 aromatic rings. The average molecular weight is 251 g/mol. The van der Waals surface area contributed by atoms with Gasteiger partial charge in [-0.1, -0.05) is 13.0 Å². The Bertz CT molecular complexity index is 329. The summed E-state index contributed by atoms with van der Waals surface area (Å²) >= 11 is 0. The molecule has 0 bridgehead atoms. The molecule has 0 radical (unpaired) electrons. The highest BCUT2D eigenvalue weighted by Crippen LogP contribution is 2.01. The molecule has 102 valence electrons. The van der Waals surface area contributed by atoms with Crippen LogP contribution in [0.1, 0.15) is 24.7 Å². The number of nitrogens with zero attached hydrogens (tertiary/aromatic N) is 2. The maximum atomic E-state index is 5.59. The average Bonchev–Trinajstić information content (AvgIpc) is 2.35. The van der Waals surface area contributed by atoms with E-state index in [0.29, 0.717) is 6.61 Å². The number of hydrogen-bond acceptors (Lipinski definition) is 4. The molecule has 0 saturated carbocycles. The standard InChI is InChI=1S/C14H25N3O/c1-4-8-15-11-13-6-5-7-14(16-13)12-18-10-9-17(2)3/h5-7,15H,4,8-12H2,1-3H3. The minimum absolute atomic E-state index is 0.593. The van der Waals surface area contributed by atoms with E-state index in [9.17, 15) is 0 Å². The summed E-state index contributed by atoms with van der Waals surface area (Å²) in [5.74, 6) is 0. The van der Waals surface area contributed by atoms with Gasteiger partial charge in [0.2, 0.25) is 0 Å². The molecule has 18 heavy (non-hydrogen) atoms. The highest BCUT2D eigenvalue weighted by atomic mass is 16.5. The summed E-state index contributed by atoms with van der Waals surface area (Å²) in [6, 6.07) is 6.10. The fraction of sp³-hybridized carbons (Fsp3) is 0.643. The Morgan fingerprint density at radius 2 is 2.06 bits per heavy atom. The van der Waals surface area contributed by atoms with Crippen LogP contribution in [-0.2, 0) is 17.9 Å². The highest BCUT2D eigenvalue weighted by Gasteiger charge is 1.98. The van der Waals surface area contributed by atoms with Gasteiger partial charge in [-0.05, 0) is 39.2 Å². The number of pyridine rings is 1. The zero-order chi connectivity index (χ0) is 13.2. The Kier molecular flexibility index (Phi) is 7.57. The van der Waals surface area contributed by atoms with Crippen molar-refractivity contribution < 1.29 is 4.74 Å². The van der Waals surface area contributed by atoms with Crippen LogP contribution < -0.4 is 5.32 Å². The Hall–Kier alpha value is -0.970. The summed E-state index contributed by atoms with van der Waals surface area (Å²) in [6.45, 7) is 6.31. The first-order valence-electron chi connectivity index (χ1n) is 6.60. The molecule has 0 aliphatic heterocycles. The van der Waals surface area contributed by atoms with Crippen LogP contribution in [0.25, 0.3) is 0 Å². The molecule has 4 heteroatoms. The summed E-state index contributed by atoms with van der Waals surface area (Å²) in [7, 11) is 4.09. The van der Waals surface area contributed by atoms with Crippen LogP contribution >= 0.6 is 0 Å². The van der Waals surface area contributed by atoms with Crippen LogP contribution in [0.2, 0.25) is 0 Å². The van der Waals surface area contributed by atoms with Gasteiger partial charge in [-0.2, -0.15) is 0 Å². The van der Waals surface area contributed by atoms with E-state index in [1.807, 2.05) is 32.3 Å². The van der Waals surface area contributed by atoms with Crippen LogP contribution in [-0.4, -0.2) is 43.7 Å². The SMILES string of the molecule is CCCNCc1cccc(COCCN(C)C)n1.